The van der Waals surface area contributed by atoms with Crippen molar-refractivity contribution in [2.75, 3.05) is 0 Å². The van der Waals surface area contributed by atoms with Crippen LogP contribution in [0.1, 0.15) is 91.9 Å². The van der Waals surface area contributed by atoms with Crippen LogP contribution in [0.25, 0.3) is 0 Å². The maximum atomic E-state index is 10.6. The first-order chi connectivity index (χ1) is 11.2. The van der Waals surface area contributed by atoms with E-state index in [4.69, 9.17) is 4.43 Å². The van der Waals surface area contributed by atoms with Crippen LogP contribution in [0.5, 0.6) is 0 Å². The van der Waals surface area contributed by atoms with Crippen molar-refractivity contribution in [2.45, 2.75) is 122 Å². The normalized spacial score (nSPS) is 15.3. The maximum absolute atomic E-state index is 10.6. The van der Waals surface area contributed by atoms with E-state index in [9.17, 15) is 5.11 Å². The minimum absolute atomic E-state index is 0.0899. The smallest absolute Gasteiger partial charge is 0.192 e. The molecule has 0 aromatic rings. The molecule has 0 aliphatic heterocycles. The van der Waals surface area contributed by atoms with Gasteiger partial charge in [0.2, 0.25) is 0 Å². The molecule has 0 aromatic heterocycles. The van der Waals surface area contributed by atoms with E-state index in [0.717, 1.165) is 19.3 Å². The molecule has 0 rings (SSSR count). The SMILES string of the molecule is C=CC[C@H](O[Si](C)(C)C(C)(C)C)[C@H](O)CCCCCCCCCC. The van der Waals surface area contributed by atoms with Gasteiger partial charge in [-0.15, -0.1) is 6.58 Å². The van der Waals surface area contributed by atoms with Crippen LogP contribution >= 0.6 is 0 Å². The molecule has 0 spiro atoms. The van der Waals surface area contributed by atoms with Crippen LogP contribution in [0.2, 0.25) is 18.1 Å². The van der Waals surface area contributed by atoms with Crippen LogP contribution in [0, 0.1) is 0 Å². The van der Waals surface area contributed by atoms with Gasteiger partial charge in [0.15, 0.2) is 8.32 Å². The predicted molar refractivity (Wildman–Crippen MR) is 110 cm³/mol. The summed E-state index contributed by atoms with van der Waals surface area (Å²) in [6.45, 7) is 17.3. The van der Waals surface area contributed by atoms with Gasteiger partial charge in [-0.3, -0.25) is 0 Å². The largest absolute Gasteiger partial charge is 0.411 e. The Bertz CT molecular complexity index is 320. The fourth-order valence-electron chi connectivity index (χ4n) is 2.68. The summed E-state index contributed by atoms with van der Waals surface area (Å²) >= 11 is 0. The minimum Gasteiger partial charge on any atom is -0.411 e. The van der Waals surface area contributed by atoms with Crippen molar-refractivity contribution in [3.05, 3.63) is 12.7 Å². The van der Waals surface area contributed by atoms with E-state index < -0.39 is 8.32 Å². The number of aliphatic hydroxyl groups is 1. The zero-order valence-electron chi connectivity index (χ0n) is 17.4. The number of rotatable bonds is 14. The average molecular weight is 357 g/mol. The highest BCUT2D eigenvalue weighted by molar-refractivity contribution is 6.74. The number of hydrogen-bond donors (Lipinski definition) is 1. The number of hydrogen-bond acceptors (Lipinski definition) is 2. The van der Waals surface area contributed by atoms with Crippen LogP contribution in [0.3, 0.4) is 0 Å². The Kier molecular flexibility index (Phi) is 12.2. The highest BCUT2D eigenvalue weighted by Gasteiger charge is 2.40. The van der Waals surface area contributed by atoms with Gasteiger partial charge in [-0.1, -0.05) is 85.1 Å². The van der Waals surface area contributed by atoms with Crippen LogP contribution < -0.4 is 0 Å². The number of aliphatic hydroxyl groups excluding tert-OH is 1. The second kappa shape index (κ2) is 12.3. The lowest BCUT2D eigenvalue weighted by molar-refractivity contribution is 0.0228. The Labute approximate surface area is 153 Å². The van der Waals surface area contributed by atoms with Gasteiger partial charge in [0.25, 0.3) is 0 Å². The first-order valence-corrected chi connectivity index (χ1v) is 13.0. The molecule has 0 heterocycles. The molecule has 0 fully saturated rings. The van der Waals surface area contributed by atoms with Gasteiger partial charge in [-0.25, -0.2) is 0 Å². The van der Waals surface area contributed by atoms with Crippen molar-refractivity contribution < 1.29 is 9.53 Å². The summed E-state index contributed by atoms with van der Waals surface area (Å²) in [6, 6.07) is 0. The topological polar surface area (TPSA) is 29.5 Å². The lowest BCUT2D eigenvalue weighted by Gasteiger charge is -2.40. The molecule has 0 saturated carbocycles. The Morgan fingerprint density at radius 2 is 1.50 bits per heavy atom. The van der Waals surface area contributed by atoms with Crippen LogP contribution in [0.4, 0.5) is 0 Å². The Morgan fingerprint density at radius 3 is 1.96 bits per heavy atom. The van der Waals surface area contributed by atoms with E-state index in [1.165, 1.54) is 44.9 Å². The van der Waals surface area contributed by atoms with Crippen molar-refractivity contribution in [3.8, 4) is 0 Å². The van der Waals surface area contributed by atoms with Crippen molar-refractivity contribution in [1.82, 2.24) is 0 Å². The van der Waals surface area contributed by atoms with E-state index >= 15 is 0 Å². The molecule has 2 atom stereocenters. The molecule has 0 aliphatic rings. The molecule has 0 radical (unpaired) electrons. The molecular weight excluding hydrogens is 312 g/mol. The van der Waals surface area contributed by atoms with E-state index in [2.05, 4.69) is 47.4 Å². The van der Waals surface area contributed by atoms with Gasteiger partial charge in [-0.2, -0.15) is 0 Å². The van der Waals surface area contributed by atoms with Crippen LogP contribution in [-0.4, -0.2) is 25.6 Å². The van der Waals surface area contributed by atoms with Gasteiger partial charge in [0.1, 0.15) is 0 Å². The molecule has 24 heavy (non-hydrogen) atoms. The fraction of sp³-hybridized carbons (Fsp3) is 0.905. The van der Waals surface area contributed by atoms with Crippen molar-refractivity contribution in [1.29, 1.82) is 0 Å². The highest BCUT2D eigenvalue weighted by Crippen LogP contribution is 2.38. The minimum atomic E-state index is -1.85. The Balaban J connectivity index is 4.17. The Hall–Kier alpha value is -0.123. The molecule has 0 unspecified atom stereocenters. The second-order valence-electron chi connectivity index (χ2n) is 8.77. The monoisotopic (exact) mass is 356 g/mol. The lowest BCUT2D eigenvalue weighted by atomic mass is 10.0. The van der Waals surface area contributed by atoms with E-state index in [1.807, 2.05) is 6.08 Å². The summed E-state index contributed by atoms with van der Waals surface area (Å²) in [6.07, 6.45) is 13.4. The number of unbranched alkanes of at least 4 members (excludes halogenated alkanes) is 7. The van der Waals surface area contributed by atoms with Gasteiger partial charge < -0.3 is 9.53 Å². The summed E-state index contributed by atoms with van der Waals surface area (Å²) in [5, 5.41) is 10.8. The van der Waals surface area contributed by atoms with E-state index in [-0.39, 0.29) is 17.2 Å². The molecule has 0 amide bonds. The highest BCUT2D eigenvalue weighted by atomic mass is 28.4. The van der Waals surface area contributed by atoms with Gasteiger partial charge >= 0.3 is 0 Å². The van der Waals surface area contributed by atoms with Crippen molar-refractivity contribution in [3.63, 3.8) is 0 Å². The summed E-state index contributed by atoms with van der Waals surface area (Å²) in [4.78, 5) is 0. The third-order valence-electron chi connectivity index (χ3n) is 5.43. The molecule has 3 heteroatoms. The van der Waals surface area contributed by atoms with Crippen LogP contribution in [-0.2, 0) is 4.43 Å². The lowest BCUT2D eigenvalue weighted by Crippen LogP contribution is -2.47. The Morgan fingerprint density at radius 1 is 1.00 bits per heavy atom. The zero-order chi connectivity index (χ0) is 18.6. The van der Waals surface area contributed by atoms with Gasteiger partial charge in [-0.05, 0) is 31.0 Å². The molecular formula is C21H44O2Si. The van der Waals surface area contributed by atoms with E-state index in [0.29, 0.717) is 0 Å². The molecule has 1 N–H and O–H groups in total. The average Bonchev–Trinajstić information content (AvgIpc) is 2.48. The summed E-state index contributed by atoms with van der Waals surface area (Å²) in [7, 11) is -1.85. The molecule has 2 nitrogen and oxygen atoms in total. The summed E-state index contributed by atoms with van der Waals surface area (Å²) in [5.74, 6) is 0. The molecule has 0 bridgehead atoms. The first-order valence-electron chi connectivity index (χ1n) is 10.1. The first kappa shape index (κ1) is 23.9. The van der Waals surface area contributed by atoms with Gasteiger partial charge in [0.05, 0.1) is 12.2 Å². The quantitative estimate of drug-likeness (QED) is 0.210. The van der Waals surface area contributed by atoms with Crippen LogP contribution in [0.15, 0.2) is 12.7 Å². The van der Waals surface area contributed by atoms with Gasteiger partial charge in [0, 0.05) is 0 Å². The second-order valence-corrected chi connectivity index (χ2v) is 13.5. The van der Waals surface area contributed by atoms with Crippen molar-refractivity contribution >= 4 is 8.32 Å². The maximum Gasteiger partial charge on any atom is 0.192 e. The third-order valence-corrected chi connectivity index (χ3v) is 9.94. The molecule has 144 valence electrons. The fourth-order valence-corrected chi connectivity index (χ4v) is 4.04. The molecule has 0 saturated heterocycles. The predicted octanol–water partition coefficient (Wildman–Crippen LogP) is 6.84. The molecule has 0 aliphatic carbocycles. The summed E-state index contributed by atoms with van der Waals surface area (Å²) in [5.41, 5.74) is 0. The van der Waals surface area contributed by atoms with E-state index in [1.54, 1.807) is 0 Å². The third kappa shape index (κ3) is 10.0. The standard InChI is InChI=1S/C21H44O2Si/c1-8-10-11-12-13-14-15-16-18-19(22)20(17-9-2)23-24(6,7)21(3,4)5/h9,19-20,22H,2,8,10-18H2,1,3-7H3/t19-,20+/m1/s1. The zero-order valence-corrected chi connectivity index (χ0v) is 18.4. The molecule has 0 aromatic carbocycles. The summed E-state index contributed by atoms with van der Waals surface area (Å²) < 4.78 is 6.44. The van der Waals surface area contributed by atoms with Crippen molar-refractivity contribution in [2.24, 2.45) is 0 Å².